The van der Waals surface area contributed by atoms with Crippen molar-refractivity contribution < 1.29 is 9.59 Å². The highest BCUT2D eigenvalue weighted by Gasteiger charge is 2.26. The molecule has 3 N–H and O–H groups in total. The second kappa shape index (κ2) is 6.26. The zero-order chi connectivity index (χ0) is 14.7. The Morgan fingerprint density at radius 3 is 2.86 bits per heavy atom. The first-order valence-corrected chi connectivity index (χ1v) is 7.62. The molecule has 1 aliphatic carbocycles. The number of carbonyl (C=O) groups excluding carboxylic acids is 2. The summed E-state index contributed by atoms with van der Waals surface area (Å²) in [4.78, 5) is 23.8. The van der Waals surface area contributed by atoms with Gasteiger partial charge in [-0.1, -0.05) is 24.3 Å². The maximum Gasteiger partial charge on any atom is 0.241 e. The minimum atomic E-state index is -0.304. The Balaban J connectivity index is 1.50. The predicted octanol–water partition coefficient (Wildman–Crippen LogP) is 0.658. The summed E-state index contributed by atoms with van der Waals surface area (Å²) in [5.41, 5.74) is 2.27. The summed E-state index contributed by atoms with van der Waals surface area (Å²) in [6.45, 7) is 1.19. The first-order valence-electron chi connectivity index (χ1n) is 7.62. The number of nitrogens with one attached hydrogen (secondary N) is 3. The van der Waals surface area contributed by atoms with Crippen LogP contribution < -0.4 is 16.0 Å². The van der Waals surface area contributed by atoms with Gasteiger partial charge in [-0.05, 0) is 30.4 Å². The van der Waals surface area contributed by atoms with Crippen LogP contribution in [0.1, 0.15) is 36.4 Å². The molecule has 0 saturated heterocycles. The number of fused-ring (bicyclic) bond motifs is 1. The van der Waals surface area contributed by atoms with E-state index in [0.29, 0.717) is 19.0 Å². The van der Waals surface area contributed by atoms with Crippen molar-refractivity contribution >= 4 is 11.8 Å². The maximum absolute atomic E-state index is 12.3. The second-order valence-electron chi connectivity index (χ2n) is 5.72. The van der Waals surface area contributed by atoms with Gasteiger partial charge in [0.2, 0.25) is 11.8 Å². The molecule has 0 bridgehead atoms. The van der Waals surface area contributed by atoms with Crippen LogP contribution in [0.3, 0.4) is 0 Å². The van der Waals surface area contributed by atoms with Gasteiger partial charge < -0.3 is 16.0 Å². The Morgan fingerprint density at radius 1 is 1.24 bits per heavy atom. The van der Waals surface area contributed by atoms with Crippen LogP contribution in [0.25, 0.3) is 0 Å². The van der Waals surface area contributed by atoms with Gasteiger partial charge in [-0.25, -0.2) is 0 Å². The normalized spacial score (nSPS) is 20.5. The van der Waals surface area contributed by atoms with Crippen molar-refractivity contribution in [1.29, 1.82) is 0 Å². The molecule has 1 saturated carbocycles. The third kappa shape index (κ3) is 3.61. The average molecular weight is 287 g/mol. The molecule has 1 unspecified atom stereocenters. The van der Waals surface area contributed by atoms with Gasteiger partial charge >= 0.3 is 0 Å². The van der Waals surface area contributed by atoms with E-state index in [9.17, 15) is 9.59 Å². The lowest BCUT2D eigenvalue weighted by molar-refractivity contribution is -0.124. The van der Waals surface area contributed by atoms with E-state index in [0.717, 1.165) is 31.4 Å². The Labute approximate surface area is 124 Å². The van der Waals surface area contributed by atoms with E-state index in [2.05, 4.69) is 22.0 Å². The summed E-state index contributed by atoms with van der Waals surface area (Å²) in [6.07, 6.45) is 3.46. The molecule has 1 aromatic rings. The predicted molar refractivity (Wildman–Crippen MR) is 79.7 cm³/mol. The van der Waals surface area contributed by atoms with E-state index in [1.165, 1.54) is 5.56 Å². The Hall–Kier alpha value is -1.88. The Kier molecular flexibility index (Phi) is 4.20. The van der Waals surface area contributed by atoms with Crippen molar-refractivity contribution in [2.45, 2.75) is 37.8 Å². The van der Waals surface area contributed by atoms with Crippen LogP contribution in [0.2, 0.25) is 0 Å². The van der Waals surface area contributed by atoms with Crippen molar-refractivity contribution in [2.75, 3.05) is 13.1 Å². The molecule has 1 aromatic carbocycles. The second-order valence-corrected chi connectivity index (χ2v) is 5.72. The fraction of sp³-hybridized carbons (Fsp3) is 0.500. The van der Waals surface area contributed by atoms with Crippen LogP contribution in [0.5, 0.6) is 0 Å². The van der Waals surface area contributed by atoms with Crippen molar-refractivity contribution in [1.82, 2.24) is 16.0 Å². The number of hydrogen-bond donors (Lipinski definition) is 3. The van der Waals surface area contributed by atoms with Gasteiger partial charge in [0.1, 0.15) is 6.04 Å². The lowest BCUT2D eigenvalue weighted by Crippen LogP contribution is -2.42. The van der Waals surface area contributed by atoms with Gasteiger partial charge in [-0.15, -0.1) is 0 Å². The van der Waals surface area contributed by atoms with Crippen LogP contribution in [0, 0.1) is 0 Å². The summed E-state index contributed by atoms with van der Waals surface area (Å²) in [5.74, 6) is -0.0313. The zero-order valence-corrected chi connectivity index (χ0v) is 12.0. The molecule has 3 rings (SSSR count). The van der Waals surface area contributed by atoms with Gasteiger partial charge in [0.05, 0.1) is 0 Å². The molecular weight excluding hydrogens is 266 g/mol. The molecule has 0 radical (unpaired) electrons. The van der Waals surface area contributed by atoms with Crippen molar-refractivity contribution in [3.8, 4) is 0 Å². The minimum Gasteiger partial charge on any atom is -0.354 e. The van der Waals surface area contributed by atoms with Crippen molar-refractivity contribution in [2.24, 2.45) is 0 Å². The molecular formula is C16H21N3O2. The molecule has 1 heterocycles. The van der Waals surface area contributed by atoms with E-state index in [4.69, 9.17) is 0 Å². The van der Waals surface area contributed by atoms with Crippen LogP contribution >= 0.6 is 0 Å². The van der Waals surface area contributed by atoms with E-state index < -0.39 is 0 Å². The smallest absolute Gasteiger partial charge is 0.241 e. The van der Waals surface area contributed by atoms with Crippen molar-refractivity contribution in [3.05, 3.63) is 35.4 Å². The highest BCUT2D eigenvalue weighted by Crippen LogP contribution is 2.22. The highest BCUT2D eigenvalue weighted by atomic mass is 16.2. The standard InChI is InChI=1S/C16H21N3O2/c20-14(19-12-5-6-12)8-10-18-16(21)15-13-4-2-1-3-11(13)7-9-17-15/h1-4,12,15,17H,5-10H2,(H,18,21)(H,19,20). The molecule has 112 valence electrons. The quantitative estimate of drug-likeness (QED) is 0.745. The molecule has 1 fully saturated rings. The highest BCUT2D eigenvalue weighted by molar-refractivity contribution is 5.84. The molecule has 21 heavy (non-hydrogen) atoms. The monoisotopic (exact) mass is 287 g/mol. The van der Waals surface area contributed by atoms with Crippen LogP contribution in [0.15, 0.2) is 24.3 Å². The van der Waals surface area contributed by atoms with Crippen LogP contribution in [-0.2, 0) is 16.0 Å². The third-order valence-corrected chi connectivity index (χ3v) is 3.96. The van der Waals surface area contributed by atoms with E-state index in [1.54, 1.807) is 0 Å². The van der Waals surface area contributed by atoms with E-state index >= 15 is 0 Å². The molecule has 2 amide bonds. The van der Waals surface area contributed by atoms with Crippen molar-refractivity contribution in [3.63, 3.8) is 0 Å². The molecule has 2 aliphatic rings. The van der Waals surface area contributed by atoms with Crippen LogP contribution in [-0.4, -0.2) is 30.9 Å². The first kappa shape index (κ1) is 14.1. The number of amides is 2. The van der Waals surface area contributed by atoms with E-state index in [1.807, 2.05) is 18.2 Å². The summed E-state index contributed by atoms with van der Waals surface area (Å²) >= 11 is 0. The molecule has 5 heteroatoms. The molecule has 0 spiro atoms. The summed E-state index contributed by atoms with van der Waals surface area (Å²) in [5, 5.41) is 9.02. The maximum atomic E-state index is 12.3. The number of hydrogen-bond acceptors (Lipinski definition) is 3. The minimum absolute atomic E-state index is 0.0230. The van der Waals surface area contributed by atoms with Gasteiger partial charge in [-0.3, -0.25) is 9.59 Å². The summed E-state index contributed by atoms with van der Waals surface area (Å²) in [6, 6.07) is 8.09. The lowest BCUT2D eigenvalue weighted by Gasteiger charge is -2.26. The Bertz CT molecular complexity index is 540. The van der Waals surface area contributed by atoms with E-state index in [-0.39, 0.29) is 17.9 Å². The zero-order valence-electron chi connectivity index (χ0n) is 12.0. The van der Waals surface area contributed by atoms with Gasteiger partial charge in [0, 0.05) is 25.6 Å². The number of rotatable bonds is 5. The Morgan fingerprint density at radius 2 is 2.05 bits per heavy atom. The van der Waals surface area contributed by atoms with Gasteiger partial charge in [-0.2, -0.15) is 0 Å². The van der Waals surface area contributed by atoms with Gasteiger partial charge in [0.25, 0.3) is 0 Å². The summed E-state index contributed by atoms with van der Waals surface area (Å²) in [7, 11) is 0. The average Bonchev–Trinajstić information content (AvgIpc) is 3.30. The fourth-order valence-electron chi connectivity index (χ4n) is 2.67. The molecule has 1 aliphatic heterocycles. The van der Waals surface area contributed by atoms with Crippen LogP contribution in [0.4, 0.5) is 0 Å². The molecule has 0 aromatic heterocycles. The molecule has 1 atom stereocenters. The molecule has 5 nitrogen and oxygen atoms in total. The SMILES string of the molecule is O=C(CCNC(=O)C1NCCc2ccccc21)NC1CC1. The topological polar surface area (TPSA) is 70.2 Å². The largest absolute Gasteiger partial charge is 0.354 e. The van der Waals surface area contributed by atoms with Gasteiger partial charge in [0.15, 0.2) is 0 Å². The number of benzene rings is 1. The first-order chi connectivity index (χ1) is 10.2. The summed E-state index contributed by atoms with van der Waals surface area (Å²) < 4.78 is 0. The number of carbonyl (C=O) groups is 2. The fourth-order valence-corrected chi connectivity index (χ4v) is 2.67. The lowest BCUT2D eigenvalue weighted by atomic mass is 9.94. The third-order valence-electron chi connectivity index (χ3n) is 3.96.